The van der Waals surface area contributed by atoms with Crippen molar-refractivity contribution in [2.24, 2.45) is 5.73 Å². The Bertz CT molecular complexity index is 621. The molecular formula is C18H24FN3O3. The number of piperidine rings is 1. The molecule has 2 heterocycles. The van der Waals surface area contributed by atoms with Crippen molar-refractivity contribution in [1.82, 2.24) is 10.2 Å². The molecule has 0 aliphatic carbocycles. The Balaban J connectivity index is 1.50. The van der Waals surface area contributed by atoms with E-state index in [1.54, 1.807) is 4.90 Å². The van der Waals surface area contributed by atoms with Crippen LogP contribution in [0.1, 0.15) is 36.0 Å². The molecule has 0 unspecified atom stereocenters. The summed E-state index contributed by atoms with van der Waals surface area (Å²) in [6, 6.07) is 5.47. The van der Waals surface area contributed by atoms with Crippen LogP contribution in [0.5, 0.6) is 0 Å². The fraction of sp³-hybridized carbons (Fsp3) is 0.556. The number of halogens is 1. The van der Waals surface area contributed by atoms with Crippen LogP contribution >= 0.6 is 0 Å². The smallest absolute Gasteiger partial charge is 0.251 e. The number of benzene rings is 1. The van der Waals surface area contributed by atoms with Gasteiger partial charge in [-0.2, -0.15) is 0 Å². The van der Waals surface area contributed by atoms with Crippen LogP contribution in [-0.4, -0.2) is 54.6 Å². The van der Waals surface area contributed by atoms with Gasteiger partial charge in [0.1, 0.15) is 5.82 Å². The summed E-state index contributed by atoms with van der Waals surface area (Å²) in [7, 11) is 0. The van der Waals surface area contributed by atoms with E-state index in [1.165, 1.54) is 24.3 Å². The highest BCUT2D eigenvalue weighted by Gasteiger charge is 2.39. The lowest BCUT2D eigenvalue weighted by atomic mass is 9.88. The third-order valence-corrected chi connectivity index (χ3v) is 5.03. The van der Waals surface area contributed by atoms with Crippen molar-refractivity contribution in [3.63, 3.8) is 0 Å². The average molecular weight is 349 g/mol. The highest BCUT2D eigenvalue weighted by Crippen LogP contribution is 2.23. The maximum atomic E-state index is 12.9. The standard InChI is InChI=1S/C18H24FN3O3/c19-14-3-1-13(2-4-14)16(23)21-15-5-9-22(10-6-15)17(24)18(20)7-11-25-12-8-18/h1-4,15H,5-12,20H2,(H,21,23). The number of carbonyl (C=O) groups excluding carboxylic acids is 2. The number of likely N-dealkylation sites (tertiary alicyclic amines) is 1. The number of hydrogen-bond donors (Lipinski definition) is 2. The largest absolute Gasteiger partial charge is 0.381 e. The Morgan fingerprint density at radius 2 is 1.76 bits per heavy atom. The first-order valence-electron chi connectivity index (χ1n) is 8.70. The van der Waals surface area contributed by atoms with Gasteiger partial charge in [-0.15, -0.1) is 0 Å². The number of amides is 2. The monoisotopic (exact) mass is 349 g/mol. The van der Waals surface area contributed by atoms with Gasteiger partial charge in [-0.3, -0.25) is 9.59 Å². The van der Waals surface area contributed by atoms with Gasteiger partial charge in [0.05, 0.1) is 5.54 Å². The molecule has 7 heteroatoms. The van der Waals surface area contributed by atoms with E-state index in [0.717, 1.165) is 0 Å². The molecule has 0 spiro atoms. The second-order valence-corrected chi connectivity index (χ2v) is 6.82. The van der Waals surface area contributed by atoms with Gasteiger partial charge in [-0.1, -0.05) is 0 Å². The molecule has 136 valence electrons. The van der Waals surface area contributed by atoms with E-state index in [0.29, 0.717) is 57.6 Å². The van der Waals surface area contributed by atoms with Crippen molar-refractivity contribution < 1.29 is 18.7 Å². The fourth-order valence-electron chi connectivity index (χ4n) is 3.36. The molecule has 3 N–H and O–H groups in total. The normalized spacial score (nSPS) is 21.0. The van der Waals surface area contributed by atoms with Crippen LogP contribution in [0.15, 0.2) is 24.3 Å². The Labute approximate surface area is 146 Å². The predicted octanol–water partition coefficient (Wildman–Crippen LogP) is 1.05. The van der Waals surface area contributed by atoms with Crippen molar-refractivity contribution in [2.45, 2.75) is 37.3 Å². The van der Waals surface area contributed by atoms with E-state index in [4.69, 9.17) is 10.5 Å². The number of ether oxygens (including phenoxy) is 1. The molecule has 2 amide bonds. The van der Waals surface area contributed by atoms with Crippen LogP contribution in [0.25, 0.3) is 0 Å². The highest BCUT2D eigenvalue weighted by atomic mass is 19.1. The third kappa shape index (κ3) is 4.16. The van der Waals surface area contributed by atoms with E-state index >= 15 is 0 Å². The topological polar surface area (TPSA) is 84.7 Å². The molecule has 0 aromatic heterocycles. The Morgan fingerprint density at radius 1 is 1.16 bits per heavy atom. The molecule has 0 atom stereocenters. The molecule has 6 nitrogen and oxygen atoms in total. The molecular weight excluding hydrogens is 325 g/mol. The zero-order valence-corrected chi connectivity index (χ0v) is 14.2. The van der Waals surface area contributed by atoms with Gasteiger partial charge in [-0.25, -0.2) is 4.39 Å². The molecule has 2 aliphatic rings. The zero-order valence-electron chi connectivity index (χ0n) is 14.2. The second-order valence-electron chi connectivity index (χ2n) is 6.82. The van der Waals surface area contributed by atoms with Crippen LogP contribution in [0, 0.1) is 5.82 Å². The third-order valence-electron chi connectivity index (χ3n) is 5.03. The lowest BCUT2D eigenvalue weighted by molar-refractivity contribution is -0.141. The fourth-order valence-corrected chi connectivity index (χ4v) is 3.36. The van der Waals surface area contributed by atoms with Crippen LogP contribution in [0.3, 0.4) is 0 Å². The van der Waals surface area contributed by atoms with Crippen molar-refractivity contribution in [2.75, 3.05) is 26.3 Å². The van der Waals surface area contributed by atoms with Crippen molar-refractivity contribution in [1.29, 1.82) is 0 Å². The summed E-state index contributed by atoms with van der Waals surface area (Å²) >= 11 is 0. The summed E-state index contributed by atoms with van der Waals surface area (Å²) in [5.41, 5.74) is 5.88. The first-order valence-corrected chi connectivity index (χ1v) is 8.70. The second kappa shape index (κ2) is 7.49. The molecule has 0 radical (unpaired) electrons. The number of rotatable bonds is 3. The van der Waals surface area contributed by atoms with Crippen LogP contribution in [-0.2, 0) is 9.53 Å². The van der Waals surface area contributed by atoms with E-state index in [2.05, 4.69) is 5.32 Å². The number of nitrogens with two attached hydrogens (primary N) is 1. The number of nitrogens with zero attached hydrogens (tertiary/aromatic N) is 1. The summed E-state index contributed by atoms with van der Waals surface area (Å²) in [4.78, 5) is 26.7. The Kier molecular flexibility index (Phi) is 5.34. The summed E-state index contributed by atoms with van der Waals surface area (Å²) < 4.78 is 18.2. The van der Waals surface area contributed by atoms with Gasteiger partial charge in [0.2, 0.25) is 5.91 Å². The quantitative estimate of drug-likeness (QED) is 0.854. The molecule has 3 rings (SSSR count). The minimum Gasteiger partial charge on any atom is -0.381 e. The van der Waals surface area contributed by atoms with Gasteiger partial charge >= 0.3 is 0 Å². The summed E-state index contributed by atoms with van der Waals surface area (Å²) in [6.07, 6.45) is 2.47. The predicted molar refractivity (Wildman–Crippen MR) is 90.4 cm³/mol. The van der Waals surface area contributed by atoms with Crippen LogP contribution in [0.4, 0.5) is 4.39 Å². The molecule has 2 aliphatic heterocycles. The van der Waals surface area contributed by atoms with Gasteiger partial charge < -0.3 is 20.7 Å². The number of nitrogens with one attached hydrogen (secondary N) is 1. The lowest BCUT2D eigenvalue weighted by Crippen LogP contribution is -2.60. The van der Waals surface area contributed by atoms with Gasteiger partial charge in [0.15, 0.2) is 0 Å². The maximum Gasteiger partial charge on any atom is 0.251 e. The molecule has 1 aromatic rings. The SMILES string of the molecule is NC1(C(=O)N2CCC(NC(=O)c3ccc(F)cc3)CC2)CCOCC1. The van der Waals surface area contributed by atoms with Crippen molar-refractivity contribution >= 4 is 11.8 Å². The molecule has 25 heavy (non-hydrogen) atoms. The van der Waals surface area contributed by atoms with Crippen LogP contribution < -0.4 is 11.1 Å². The average Bonchev–Trinajstić information content (AvgIpc) is 2.63. The first-order chi connectivity index (χ1) is 12.0. The minimum absolute atomic E-state index is 0.00465. The molecule has 1 aromatic carbocycles. The van der Waals surface area contributed by atoms with E-state index in [1.807, 2.05) is 0 Å². The molecule has 2 saturated heterocycles. The van der Waals surface area contributed by atoms with E-state index in [-0.39, 0.29) is 23.7 Å². The van der Waals surface area contributed by atoms with Gasteiger partial charge in [0.25, 0.3) is 5.91 Å². The lowest BCUT2D eigenvalue weighted by Gasteiger charge is -2.40. The maximum absolute atomic E-state index is 12.9. The minimum atomic E-state index is -0.817. The van der Waals surface area contributed by atoms with E-state index < -0.39 is 5.54 Å². The summed E-state index contributed by atoms with van der Waals surface area (Å²) in [5.74, 6) is -0.601. The Morgan fingerprint density at radius 3 is 2.36 bits per heavy atom. The van der Waals surface area contributed by atoms with Crippen LogP contribution in [0.2, 0.25) is 0 Å². The van der Waals surface area contributed by atoms with E-state index in [9.17, 15) is 14.0 Å². The zero-order chi connectivity index (χ0) is 17.9. The number of hydrogen-bond acceptors (Lipinski definition) is 4. The molecule has 0 bridgehead atoms. The van der Waals surface area contributed by atoms with Crippen molar-refractivity contribution in [3.05, 3.63) is 35.6 Å². The molecule has 0 saturated carbocycles. The van der Waals surface area contributed by atoms with Crippen molar-refractivity contribution in [3.8, 4) is 0 Å². The molecule has 2 fully saturated rings. The highest BCUT2D eigenvalue weighted by molar-refractivity contribution is 5.94. The van der Waals surface area contributed by atoms with Gasteiger partial charge in [0, 0.05) is 37.9 Å². The first kappa shape index (κ1) is 17.8. The van der Waals surface area contributed by atoms with Gasteiger partial charge in [-0.05, 0) is 49.9 Å². The summed E-state index contributed by atoms with van der Waals surface area (Å²) in [5, 5.41) is 2.95. The summed E-state index contributed by atoms with van der Waals surface area (Å²) in [6.45, 7) is 2.19. The number of carbonyl (C=O) groups is 2. The Hall–Kier alpha value is -1.99.